The summed E-state index contributed by atoms with van der Waals surface area (Å²) < 4.78 is 5.38. The van der Waals surface area contributed by atoms with Crippen molar-refractivity contribution in [3.63, 3.8) is 0 Å². The van der Waals surface area contributed by atoms with E-state index in [9.17, 15) is 4.79 Å². The molecular weight excluding hydrogens is 360 g/mol. The fourth-order valence-corrected chi connectivity index (χ4v) is 3.55. The molecule has 4 nitrogen and oxygen atoms in total. The normalized spacial score (nSPS) is 12.7. The van der Waals surface area contributed by atoms with Crippen molar-refractivity contribution >= 4 is 22.6 Å². The molecule has 0 aliphatic carbocycles. The first-order valence-corrected chi connectivity index (χ1v) is 9.40. The second-order valence-corrected chi connectivity index (χ2v) is 7.56. The van der Waals surface area contributed by atoms with Crippen molar-refractivity contribution < 1.29 is 4.42 Å². The lowest BCUT2D eigenvalue weighted by Crippen LogP contribution is -2.31. The van der Waals surface area contributed by atoms with Gasteiger partial charge in [-0.25, -0.2) is 4.79 Å². The number of hydrogen-bond acceptors (Lipinski definition) is 4. The molecule has 1 N–H and O–H groups in total. The molecule has 0 fully saturated rings. The Morgan fingerprint density at radius 3 is 2.52 bits per heavy atom. The first-order valence-electron chi connectivity index (χ1n) is 9.02. The number of aryl methyl sites for hydroxylation is 2. The largest absolute Gasteiger partial charge is 0.423 e. The number of benzene rings is 2. The number of hydrogen-bond donors (Lipinski definition) is 1. The monoisotopic (exact) mass is 384 g/mol. The van der Waals surface area contributed by atoms with Crippen LogP contribution >= 0.6 is 11.6 Å². The molecule has 1 aromatic heterocycles. The highest BCUT2D eigenvalue weighted by Crippen LogP contribution is 2.26. The summed E-state index contributed by atoms with van der Waals surface area (Å²) in [7, 11) is 4.07. The third-order valence-electron chi connectivity index (χ3n) is 4.99. The van der Waals surface area contributed by atoms with E-state index in [1.165, 1.54) is 5.56 Å². The molecule has 0 saturated carbocycles. The fourth-order valence-electron chi connectivity index (χ4n) is 3.29. The molecule has 3 aromatic rings. The maximum atomic E-state index is 12.0. The Hall–Kier alpha value is -2.14. The second kappa shape index (κ2) is 8.26. The van der Waals surface area contributed by atoms with Gasteiger partial charge in [0.05, 0.1) is 0 Å². The summed E-state index contributed by atoms with van der Waals surface area (Å²) in [4.78, 5) is 14.1. The molecule has 0 spiro atoms. The van der Waals surface area contributed by atoms with Crippen LogP contribution in [0.2, 0.25) is 5.02 Å². The zero-order valence-electron chi connectivity index (χ0n) is 16.2. The minimum Gasteiger partial charge on any atom is -0.423 e. The summed E-state index contributed by atoms with van der Waals surface area (Å²) >= 11 is 6.38. The van der Waals surface area contributed by atoms with Gasteiger partial charge in [0.2, 0.25) is 0 Å². The van der Waals surface area contributed by atoms with Gasteiger partial charge < -0.3 is 14.6 Å². The van der Waals surface area contributed by atoms with Crippen molar-refractivity contribution in [2.24, 2.45) is 0 Å². The van der Waals surface area contributed by atoms with Crippen LogP contribution in [-0.4, -0.2) is 25.5 Å². The van der Waals surface area contributed by atoms with Crippen LogP contribution in [0.3, 0.4) is 0 Å². The van der Waals surface area contributed by atoms with E-state index >= 15 is 0 Å². The fraction of sp³-hybridized carbons (Fsp3) is 0.318. The van der Waals surface area contributed by atoms with Crippen LogP contribution in [0.25, 0.3) is 11.0 Å². The lowest BCUT2D eigenvalue weighted by atomic mass is 10.0. The Morgan fingerprint density at radius 1 is 1.11 bits per heavy atom. The number of nitrogens with zero attached hydrogens (tertiary/aromatic N) is 1. The van der Waals surface area contributed by atoms with E-state index in [2.05, 4.69) is 23.2 Å². The SMILES string of the molecule is Cc1cc2oc(=O)cc(CNC[C@@H](c3ccccc3Cl)N(C)C)c2cc1C. The van der Waals surface area contributed by atoms with Gasteiger partial charge in [0, 0.05) is 35.6 Å². The van der Waals surface area contributed by atoms with E-state index in [0.29, 0.717) is 18.7 Å². The summed E-state index contributed by atoms with van der Waals surface area (Å²) in [5, 5.41) is 5.22. The van der Waals surface area contributed by atoms with E-state index < -0.39 is 0 Å². The molecule has 2 aromatic carbocycles. The lowest BCUT2D eigenvalue weighted by Gasteiger charge is -2.26. The van der Waals surface area contributed by atoms with Crippen LogP contribution in [-0.2, 0) is 6.54 Å². The highest BCUT2D eigenvalue weighted by Gasteiger charge is 2.17. The average Bonchev–Trinajstić information content (AvgIpc) is 2.61. The number of rotatable bonds is 6. The molecule has 1 atom stereocenters. The number of nitrogens with one attached hydrogen (secondary N) is 1. The van der Waals surface area contributed by atoms with Crippen LogP contribution in [0.1, 0.15) is 28.3 Å². The topological polar surface area (TPSA) is 45.5 Å². The first kappa shape index (κ1) is 19.6. The van der Waals surface area contributed by atoms with E-state index in [1.807, 2.05) is 51.4 Å². The lowest BCUT2D eigenvalue weighted by molar-refractivity contribution is 0.288. The Kier molecular flexibility index (Phi) is 6.00. The standard InChI is InChI=1S/C22H25ClN2O2/c1-14-9-18-16(11-22(26)27-21(18)10-15(14)2)12-24-13-20(25(3)4)17-7-5-6-8-19(17)23/h5-11,20,24H,12-13H2,1-4H3/t20-/m0/s1. The molecule has 0 unspecified atom stereocenters. The molecule has 0 aliphatic heterocycles. The molecule has 0 amide bonds. The summed E-state index contributed by atoms with van der Waals surface area (Å²) in [6, 6.07) is 13.6. The van der Waals surface area contributed by atoms with Crippen LogP contribution in [0.5, 0.6) is 0 Å². The Labute approximate surface area is 164 Å². The number of likely N-dealkylation sites (N-methyl/N-ethyl adjacent to an activating group) is 1. The van der Waals surface area contributed by atoms with Crippen molar-refractivity contribution in [1.82, 2.24) is 10.2 Å². The molecule has 0 aliphatic rings. The maximum Gasteiger partial charge on any atom is 0.336 e. The van der Waals surface area contributed by atoms with Gasteiger partial charge in [-0.1, -0.05) is 29.8 Å². The zero-order chi connectivity index (χ0) is 19.6. The average molecular weight is 385 g/mol. The van der Waals surface area contributed by atoms with E-state index in [1.54, 1.807) is 6.07 Å². The van der Waals surface area contributed by atoms with Gasteiger partial charge >= 0.3 is 5.63 Å². The first-order chi connectivity index (χ1) is 12.9. The summed E-state index contributed by atoms with van der Waals surface area (Å²) in [5.41, 5.74) is 4.64. The van der Waals surface area contributed by atoms with Crippen molar-refractivity contribution in [3.05, 3.63) is 80.2 Å². The molecule has 142 valence electrons. The minimum absolute atomic E-state index is 0.133. The molecule has 27 heavy (non-hydrogen) atoms. The van der Waals surface area contributed by atoms with Crippen LogP contribution in [0.4, 0.5) is 0 Å². The van der Waals surface area contributed by atoms with Crippen LogP contribution in [0, 0.1) is 13.8 Å². The van der Waals surface area contributed by atoms with E-state index in [-0.39, 0.29) is 11.7 Å². The third-order valence-corrected chi connectivity index (χ3v) is 5.33. The quantitative estimate of drug-likeness (QED) is 0.637. The summed E-state index contributed by atoms with van der Waals surface area (Å²) in [6.07, 6.45) is 0. The van der Waals surface area contributed by atoms with Crippen molar-refractivity contribution in [2.75, 3.05) is 20.6 Å². The van der Waals surface area contributed by atoms with Crippen LogP contribution in [0.15, 0.2) is 51.7 Å². The van der Waals surface area contributed by atoms with Gasteiger partial charge in [0.25, 0.3) is 0 Å². The smallest absolute Gasteiger partial charge is 0.336 e. The molecule has 0 bridgehead atoms. The Balaban J connectivity index is 1.83. The molecule has 3 rings (SSSR count). The second-order valence-electron chi connectivity index (χ2n) is 7.16. The van der Waals surface area contributed by atoms with Crippen molar-refractivity contribution in [1.29, 1.82) is 0 Å². The minimum atomic E-state index is -0.321. The highest BCUT2D eigenvalue weighted by atomic mass is 35.5. The van der Waals surface area contributed by atoms with Crippen molar-refractivity contribution in [3.8, 4) is 0 Å². The molecular formula is C22H25ClN2O2. The van der Waals surface area contributed by atoms with Crippen LogP contribution < -0.4 is 10.9 Å². The summed E-state index contributed by atoms with van der Waals surface area (Å²) in [5.74, 6) is 0. The van der Waals surface area contributed by atoms with Gasteiger partial charge in [-0.3, -0.25) is 0 Å². The zero-order valence-corrected chi connectivity index (χ0v) is 16.9. The van der Waals surface area contributed by atoms with Gasteiger partial charge in [-0.05, 0) is 68.4 Å². The summed E-state index contributed by atoms with van der Waals surface area (Å²) in [6.45, 7) is 5.38. The van der Waals surface area contributed by atoms with Gasteiger partial charge in [0.1, 0.15) is 5.58 Å². The predicted octanol–water partition coefficient (Wildman–Crippen LogP) is 4.46. The van der Waals surface area contributed by atoms with Gasteiger partial charge in [-0.2, -0.15) is 0 Å². The molecule has 0 radical (unpaired) electrons. The molecule has 5 heteroatoms. The van der Waals surface area contributed by atoms with E-state index in [0.717, 1.165) is 27.1 Å². The Bertz CT molecular complexity index is 1010. The number of halogens is 1. The van der Waals surface area contributed by atoms with Gasteiger partial charge in [0.15, 0.2) is 0 Å². The van der Waals surface area contributed by atoms with E-state index in [4.69, 9.17) is 16.0 Å². The highest BCUT2D eigenvalue weighted by molar-refractivity contribution is 6.31. The van der Waals surface area contributed by atoms with Crippen molar-refractivity contribution in [2.45, 2.75) is 26.4 Å². The predicted molar refractivity (Wildman–Crippen MR) is 112 cm³/mol. The third kappa shape index (κ3) is 4.41. The number of fused-ring (bicyclic) bond motifs is 1. The van der Waals surface area contributed by atoms with Gasteiger partial charge in [-0.15, -0.1) is 0 Å². The molecule has 1 heterocycles. The maximum absolute atomic E-state index is 12.0. The molecule has 0 saturated heterocycles. The Morgan fingerprint density at radius 2 is 1.81 bits per heavy atom.